The number of nitrogens with zero attached hydrogens (tertiary/aromatic N) is 1. The Balaban J connectivity index is 2.15. The van der Waals surface area contributed by atoms with Crippen LogP contribution in [-0.2, 0) is 9.59 Å². The molecule has 2 aliphatic rings. The Morgan fingerprint density at radius 2 is 1.89 bits per heavy atom. The quantitative estimate of drug-likeness (QED) is 0.837. The molecule has 2 rings (SSSR count). The number of carbonyl (C=O) groups is 2. The van der Waals surface area contributed by atoms with Crippen molar-refractivity contribution in [3.05, 3.63) is 0 Å². The van der Waals surface area contributed by atoms with Crippen LogP contribution in [-0.4, -0.2) is 46.3 Å². The van der Waals surface area contributed by atoms with Crippen LogP contribution in [0, 0.1) is 0 Å². The van der Waals surface area contributed by atoms with Gasteiger partial charge < -0.3 is 10.2 Å². The van der Waals surface area contributed by atoms with Crippen molar-refractivity contribution in [2.75, 3.05) is 19.3 Å². The standard InChI is InChI=1S/C14H24N2O2S/c1-4-14(5-2)12(18)16(9-11(17)15-14)10-13(19-3)7-6-8-13/h4-10H2,1-3H3,(H,15,17). The van der Waals surface area contributed by atoms with E-state index in [0.29, 0.717) is 12.8 Å². The fourth-order valence-corrected chi connectivity index (χ4v) is 4.09. The molecule has 1 N–H and O–H groups in total. The second-order valence-corrected chi connectivity index (χ2v) is 7.01. The number of carbonyl (C=O) groups excluding carboxylic acids is 2. The molecule has 2 amide bonds. The molecule has 0 aromatic rings. The van der Waals surface area contributed by atoms with Crippen LogP contribution >= 0.6 is 11.8 Å². The Labute approximate surface area is 119 Å². The number of rotatable bonds is 5. The molecular formula is C14H24N2O2S. The molecule has 0 unspecified atom stereocenters. The number of amides is 2. The van der Waals surface area contributed by atoms with Crippen molar-refractivity contribution in [3.63, 3.8) is 0 Å². The summed E-state index contributed by atoms with van der Waals surface area (Å²) in [5, 5.41) is 2.91. The first-order chi connectivity index (χ1) is 9.01. The summed E-state index contributed by atoms with van der Waals surface area (Å²) in [6.45, 7) is 4.89. The summed E-state index contributed by atoms with van der Waals surface area (Å²) < 4.78 is 0.195. The van der Waals surface area contributed by atoms with Gasteiger partial charge in [-0.05, 0) is 31.9 Å². The number of hydrogen-bond donors (Lipinski definition) is 1. The lowest BCUT2D eigenvalue weighted by Gasteiger charge is -2.48. The zero-order chi connectivity index (χ0) is 14.1. The minimum atomic E-state index is -0.668. The molecule has 108 valence electrons. The van der Waals surface area contributed by atoms with Gasteiger partial charge in [0, 0.05) is 11.3 Å². The second kappa shape index (κ2) is 5.35. The van der Waals surface area contributed by atoms with Crippen LogP contribution < -0.4 is 5.32 Å². The first-order valence-electron chi connectivity index (χ1n) is 7.16. The summed E-state index contributed by atoms with van der Waals surface area (Å²) in [4.78, 5) is 26.4. The molecular weight excluding hydrogens is 260 g/mol. The highest BCUT2D eigenvalue weighted by molar-refractivity contribution is 8.00. The summed E-state index contributed by atoms with van der Waals surface area (Å²) >= 11 is 1.85. The Morgan fingerprint density at radius 3 is 2.32 bits per heavy atom. The molecule has 0 radical (unpaired) electrons. The normalized spacial score (nSPS) is 24.9. The van der Waals surface area contributed by atoms with Gasteiger partial charge in [-0.3, -0.25) is 9.59 Å². The van der Waals surface area contributed by atoms with Crippen LogP contribution in [0.3, 0.4) is 0 Å². The third kappa shape index (κ3) is 2.49. The van der Waals surface area contributed by atoms with Gasteiger partial charge in [-0.15, -0.1) is 0 Å². The smallest absolute Gasteiger partial charge is 0.248 e. The Hall–Kier alpha value is -0.710. The highest BCUT2D eigenvalue weighted by Crippen LogP contribution is 2.43. The summed E-state index contributed by atoms with van der Waals surface area (Å²) in [6.07, 6.45) is 6.99. The van der Waals surface area contributed by atoms with E-state index < -0.39 is 5.54 Å². The fraction of sp³-hybridized carbons (Fsp3) is 0.857. The van der Waals surface area contributed by atoms with E-state index in [0.717, 1.165) is 19.4 Å². The maximum Gasteiger partial charge on any atom is 0.248 e. The molecule has 2 fully saturated rings. The molecule has 0 spiro atoms. The van der Waals surface area contributed by atoms with Gasteiger partial charge in [0.15, 0.2) is 0 Å². The van der Waals surface area contributed by atoms with Gasteiger partial charge in [0.1, 0.15) is 5.54 Å². The second-order valence-electron chi connectivity index (χ2n) is 5.74. The largest absolute Gasteiger partial charge is 0.340 e. The van der Waals surface area contributed by atoms with E-state index in [1.807, 2.05) is 25.6 Å². The number of thioether (sulfide) groups is 1. The molecule has 1 saturated heterocycles. The monoisotopic (exact) mass is 284 g/mol. The third-order valence-corrected chi connectivity index (χ3v) is 6.20. The van der Waals surface area contributed by atoms with E-state index in [1.165, 1.54) is 6.42 Å². The molecule has 0 aromatic carbocycles. The Kier molecular flexibility index (Phi) is 4.14. The Morgan fingerprint density at radius 1 is 1.26 bits per heavy atom. The van der Waals surface area contributed by atoms with Crippen molar-refractivity contribution in [2.45, 2.75) is 56.2 Å². The SMILES string of the molecule is CCC1(CC)NC(=O)CN(CC2(SC)CCC2)C1=O. The van der Waals surface area contributed by atoms with Crippen LogP contribution in [0.5, 0.6) is 0 Å². The summed E-state index contributed by atoms with van der Waals surface area (Å²) in [6, 6.07) is 0. The van der Waals surface area contributed by atoms with Gasteiger partial charge in [-0.1, -0.05) is 20.3 Å². The lowest BCUT2D eigenvalue weighted by molar-refractivity contribution is -0.151. The zero-order valence-electron chi connectivity index (χ0n) is 12.1. The van der Waals surface area contributed by atoms with Gasteiger partial charge in [0.25, 0.3) is 0 Å². The van der Waals surface area contributed by atoms with Crippen LogP contribution in [0.1, 0.15) is 46.0 Å². The molecule has 0 aromatic heterocycles. The van der Waals surface area contributed by atoms with Crippen LogP contribution in [0.25, 0.3) is 0 Å². The molecule has 1 aliphatic carbocycles. The maximum atomic E-state index is 12.7. The molecule has 1 aliphatic heterocycles. The predicted molar refractivity (Wildman–Crippen MR) is 78.1 cm³/mol. The molecule has 0 atom stereocenters. The minimum Gasteiger partial charge on any atom is -0.340 e. The molecule has 4 nitrogen and oxygen atoms in total. The first-order valence-corrected chi connectivity index (χ1v) is 8.39. The van der Waals surface area contributed by atoms with Crippen LogP contribution in [0.2, 0.25) is 0 Å². The average molecular weight is 284 g/mol. The maximum absolute atomic E-state index is 12.7. The van der Waals surface area contributed by atoms with Crippen molar-refractivity contribution in [1.82, 2.24) is 10.2 Å². The van der Waals surface area contributed by atoms with E-state index in [1.54, 1.807) is 4.90 Å². The lowest BCUT2D eigenvalue weighted by Crippen LogP contribution is -2.68. The molecule has 1 saturated carbocycles. The van der Waals surface area contributed by atoms with E-state index in [4.69, 9.17) is 0 Å². The summed E-state index contributed by atoms with van der Waals surface area (Å²) in [5.41, 5.74) is -0.668. The van der Waals surface area contributed by atoms with Crippen molar-refractivity contribution in [2.24, 2.45) is 0 Å². The molecule has 0 bridgehead atoms. The van der Waals surface area contributed by atoms with E-state index in [9.17, 15) is 9.59 Å². The average Bonchev–Trinajstić information content (AvgIpc) is 2.37. The number of piperazine rings is 1. The van der Waals surface area contributed by atoms with Gasteiger partial charge in [0.05, 0.1) is 6.54 Å². The van der Waals surface area contributed by atoms with Crippen LogP contribution in [0.4, 0.5) is 0 Å². The topological polar surface area (TPSA) is 49.4 Å². The highest BCUT2D eigenvalue weighted by Gasteiger charge is 2.47. The lowest BCUT2D eigenvalue weighted by atomic mass is 9.82. The molecule has 5 heteroatoms. The molecule has 19 heavy (non-hydrogen) atoms. The van der Waals surface area contributed by atoms with E-state index >= 15 is 0 Å². The summed E-state index contributed by atoms with van der Waals surface area (Å²) in [7, 11) is 0. The third-order valence-electron chi connectivity index (χ3n) is 4.79. The summed E-state index contributed by atoms with van der Waals surface area (Å²) in [5.74, 6) is 0.0938. The van der Waals surface area contributed by atoms with Gasteiger partial charge in [-0.25, -0.2) is 0 Å². The van der Waals surface area contributed by atoms with Crippen molar-refractivity contribution in [1.29, 1.82) is 0 Å². The van der Waals surface area contributed by atoms with E-state index in [-0.39, 0.29) is 23.1 Å². The van der Waals surface area contributed by atoms with Gasteiger partial charge in [0.2, 0.25) is 11.8 Å². The number of nitrogens with one attached hydrogen (secondary N) is 1. The number of hydrogen-bond acceptors (Lipinski definition) is 3. The minimum absolute atomic E-state index is 0.0149. The predicted octanol–water partition coefficient (Wildman–Crippen LogP) is 1.79. The van der Waals surface area contributed by atoms with E-state index in [2.05, 4.69) is 11.6 Å². The Bertz CT molecular complexity index is 370. The first kappa shape index (κ1) is 14.7. The highest BCUT2D eigenvalue weighted by atomic mass is 32.2. The zero-order valence-corrected chi connectivity index (χ0v) is 12.9. The van der Waals surface area contributed by atoms with Gasteiger partial charge in [-0.2, -0.15) is 11.8 Å². The molecule has 1 heterocycles. The van der Waals surface area contributed by atoms with Crippen molar-refractivity contribution >= 4 is 23.6 Å². The fourth-order valence-electron chi connectivity index (χ4n) is 3.11. The van der Waals surface area contributed by atoms with Crippen LogP contribution in [0.15, 0.2) is 0 Å². The van der Waals surface area contributed by atoms with Gasteiger partial charge >= 0.3 is 0 Å². The van der Waals surface area contributed by atoms with Crippen molar-refractivity contribution in [3.8, 4) is 0 Å². The van der Waals surface area contributed by atoms with Crippen molar-refractivity contribution < 1.29 is 9.59 Å².